The van der Waals surface area contributed by atoms with Crippen LogP contribution in [0.4, 0.5) is 0 Å². The highest BCUT2D eigenvalue weighted by Crippen LogP contribution is 2.59. The number of fused-ring (bicyclic) bond motifs is 1. The second-order valence-electron chi connectivity index (χ2n) is 19.6. The van der Waals surface area contributed by atoms with Crippen LogP contribution in [-0.2, 0) is 47.7 Å². The van der Waals surface area contributed by atoms with Crippen LogP contribution in [0.2, 0.25) is 0 Å². The van der Waals surface area contributed by atoms with Gasteiger partial charge in [-0.15, -0.1) is 0 Å². The van der Waals surface area contributed by atoms with Crippen LogP contribution in [0.15, 0.2) is 57.0 Å². The molecule has 4 saturated carbocycles. The minimum absolute atomic E-state index is 0.0676. The standard InChI is InChI=1S/C54H68N2O12S2/c1-4-46(57)63-28-6-7-29-65-50(59)39-16-8-35(9-17-39)37-12-20-41(21-13-37)52(61)67-44-24-25-45(49-48(44)69-54(70-49)43(32-55)33-56)68-53(62)42-22-14-38(15-23-42)36-10-18-40(19-11-36)51(60)66-31-27-34(3)26-30-64-47(58)5-2/h4-5,24-25,34-42H,1-2,6-23,26-31H2,3H3. The summed E-state index contributed by atoms with van der Waals surface area (Å²) in [4.78, 5) is 76.5. The fraction of sp³-hybridized carbons (Fsp3) is 0.630. The largest absolute Gasteiger partial charge is 0.465 e. The molecule has 0 N–H and O–H groups in total. The lowest BCUT2D eigenvalue weighted by Crippen LogP contribution is -2.32. The van der Waals surface area contributed by atoms with E-state index in [0.29, 0.717) is 120 Å². The van der Waals surface area contributed by atoms with Gasteiger partial charge in [0.25, 0.3) is 0 Å². The third kappa shape index (κ3) is 15.5. The van der Waals surface area contributed by atoms with E-state index in [1.165, 1.54) is 23.5 Å². The Balaban J connectivity index is 0.927. The van der Waals surface area contributed by atoms with E-state index < -0.39 is 11.9 Å². The lowest BCUT2D eigenvalue weighted by molar-refractivity contribution is -0.151. The summed E-state index contributed by atoms with van der Waals surface area (Å²) in [5.41, 5.74) is -0.0676. The number of hydrogen-bond donors (Lipinski definition) is 0. The molecule has 0 bridgehead atoms. The van der Waals surface area contributed by atoms with Crippen LogP contribution in [0.25, 0.3) is 0 Å². The number of esters is 6. The van der Waals surface area contributed by atoms with Crippen molar-refractivity contribution < 1.29 is 57.2 Å². The van der Waals surface area contributed by atoms with Gasteiger partial charge in [0.1, 0.15) is 29.2 Å². The predicted octanol–water partition coefficient (Wildman–Crippen LogP) is 10.9. The molecule has 1 unspecified atom stereocenters. The zero-order valence-electron chi connectivity index (χ0n) is 40.5. The molecule has 1 heterocycles. The first-order valence-corrected chi connectivity index (χ1v) is 27.0. The molecule has 0 spiro atoms. The molecule has 70 heavy (non-hydrogen) atoms. The predicted molar refractivity (Wildman–Crippen MR) is 261 cm³/mol. The summed E-state index contributed by atoms with van der Waals surface area (Å²) in [5.74, 6) is 0.228. The Morgan fingerprint density at radius 2 is 0.871 bits per heavy atom. The van der Waals surface area contributed by atoms with Crippen LogP contribution in [0.5, 0.6) is 11.5 Å². The van der Waals surface area contributed by atoms with Crippen molar-refractivity contribution in [1.82, 2.24) is 0 Å². The van der Waals surface area contributed by atoms with Gasteiger partial charge in [-0.2, -0.15) is 10.5 Å². The van der Waals surface area contributed by atoms with Gasteiger partial charge in [-0.3, -0.25) is 19.2 Å². The maximum absolute atomic E-state index is 13.7. The van der Waals surface area contributed by atoms with Crippen molar-refractivity contribution in [3.8, 4) is 23.6 Å². The number of nitrogens with zero attached hydrogens (tertiary/aromatic N) is 2. The van der Waals surface area contributed by atoms with Gasteiger partial charge in [-0.1, -0.05) is 43.6 Å². The molecule has 0 saturated heterocycles. The van der Waals surface area contributed by atoms with Crippen molar-refractivity contribution in [2.45, 2.75) is 145 Å². The van der Waals surface area contributed by atoms with E-state index in [0.717, 1.165) is 89.2 Å². The number of rotatable bonds is 21. The van der Waals surface area contributed by atoms with E-state index in [9.17, 15) is 39.3 Å². The highest BCUT2D eigenvalue weighted by Gasteiger charge is 2.39. The average molecular weight is 1000 g/mol. The third-order valence-corrected chi connectivity index (χ3v) is 17.7. The van der Waals surface area contributed by atoms with Gasteiger partial charge in [0.05, 0.1) is 64.1 Å². The quantitative estimate of drug-likeness (QED) is 0.0280. The maximum atomic E-state index is 13.7. The van der Waals surface area contributed by atoms with E-state index in [-0.39, 0.29) is 65.6 Å². The lowest BCUT2D eigenvalue weighted by atomic mass is 9.69. The third-order valence-electron chi connectivity index (χ3n) is 15.1. The Labute approximate surface area is 421 Å². The first-order valence-electron chi connectivity index (χ1n) is 25.3. The van der Waals surface area contributed by atoms with E-state index in [1.807, 2.05) is 19.1 Å². The van der Waals surface area contributed by atoms with Crippen LogP contribution < -0.4 is 9.47 Å². The molecule has 5 aliphatic rings. The number of allylic oxidation sites excluding steroid dienone is 1. The summed E-state index contributed by atoms with van der Waals surface area (Å²) in [6, 6.07) is 7.19. The van der Waals surface area contributed by atoms with Crippen molar-refractivity contribution in [2.75, 3.05) is 26.4 Å². The zero-order valence-corrected chi connectivity index (χ0v) is 42.1. The van der Waals surface area contributed by atoms with E-state index in [2.05, 4.69) is 13.2 Å². The highest BCUT2D eigenvalue weighted by atomic mass is 32.2. The van der Waals surface area contributed by atoms with Gasteiger partial charge < -0.3 is 28.4 Å². The van der Waals surface area contributed by atoms with Crippen molar-refractivity contribution in [1.29, 1.82) is 10.5 Å². The van der Waals surface area contributed by atoms with E-state index in [1.54, 1.807) is 12.1 Å². The summed E-state index contributed by atoms with van der Waals surface area (Å²) in [6.45, 7) is 10.0. The minimum Gasteiger partial charge on any atom is -0.465 e. The smallest absolute Gasteiger partial charge is 0.330 e. The fourth-order valence-corrected chi connectivity index (χ4v) is 13.2. The van der Waals surface area contributed by atoms with Crippen LogP contribution in [0.1, 0.15) is 135 Å². The Kier molecular flexibility index (Phi) is 21.3. The van der Waals surface area contributed by atoms with Crippen LogP contribution in [0, 0.1) is 75.9 Å². The SMILES string of the molecule is C=CC(=O)OCCCCOC(=O)C1CCC(C2CCC(C(=O)Oc3ccc(OC(=O)C4CCC(C5CCC(C(=O)OCCC(C)CCOC(=O)C=C)CC5)CC4)c4c3SC(=C(C#N)C#N)S4)CC2)CC1. The number of carbonyl (C=O) groups is 6. The van der Waals surface area contributed by atoms with Gasteiger partial charge in [0, 0.05) is 12.2 Å². The summed E-state index contributed by atoms with van der Waals surface area (Å²) >= 11 is 2.35. The van der Waals surface area contributed by atoms with Crippen LogP contribution >= 0.6 is 23.5 Å². The van der Waals surface area contributed by atoms with Crippen LogP contribution in [0.3, 0.4) is 0 Å². The number of benzene rings is 1. The molecular formula is C54H68N2O12S2. The molecule has 1 aromatic carbocycles. The van der Waals surface area contributed by atoms with Gasteiger partial charge in [0.15, 0.2) is 0 Å². The van der Waals surface area contributed by atoms with Crippen LogP contribution in [-0.4, -0.2) is 62.2 Å². The highest BCUT2D eigenvalue weighted by molar-refractivity contribution is 8.24. The monoisotopic (exact) mass is 1000 g/mol. The number of nitriles is 2. The van der Waals surface area contributed by atoms with Gasteiger partial charge >= 0.3 is 35.8 Å². The van der Waals surface area contributed by atoms with Crippen molar-refractivity contribution in [3.63, 3.8) is 0 Å². The minimum atomic E-state index is -0.461. The Morgan fingerprint density at radius 1 is 0.543 bits per heavy atom. The van der Waals surface area contributed by atoms with Gasteiger partial charge in [-0.25, -0.2) is 9.59 Å². The molecule has 4 aliphatic carbocycles. The molecule has 378 valence electrons. The summed E-state index contributed by atoms with van der Waals surface area (Å²) < 4.78 is 33.7. The van der Waals surface area contributed by atoms with Crippen molar-refractivity contribution in [3.05, 3.63) is 47.3 Å². The van der Waals surface area contributed by atoms with E-state index >= 15 is 0 Å². The lowest BCUT2D eigenvalue weighted by Gasteiger charge is -2.36. The normalized spacial score (nSPS) is 25.6. The molecule has 4 fully saturated rings. The first kappa shape index (κ1) is 54.3. The summed E-state index contributed by atoms with van der Waals surface area (Å²) in [5, 5.41) is 19.4. The molecule has 1 aliphatic heterocycles. The fourth-order valence-electron chi connectivity index (χ4n) is 10.8. The molecule has 16 heteroatoms. The van der Waals surface area contributed by atoms with Crippen molar-refractivity contribution in [2.24, 2.45) is 53.3 Å². The summed E-state index contributed by atoms with van der Waals surface area (Å²) in [7, 11) is 0. The Morgan fingerprint density at radius 3 is 1.24 bits per heavy atom. The molecule has 6 rings (SSSR count). The molecule has 0 radical (unpaired) electrons. The number of thioether (sulfide) groups is 2. The van der Waals surface area contributed by atoms with Gasteiger partial charge in [0.2, 0.25) is 0 Å². The number of carbonyl (C=O) groups excluding carboxylic acids is 6. The topological polar surface area (TPSA) is 205 Å². The van der Waals surface area contributed by atoms with Crippen molar-refractivity contribution >= 4 is 59.3 Å². The molecule has 0 aromatic heterocycles. The van der Waals surface area contributed by atoms with Gasteiger partial charge in [-0.05, 0) is 170 Å². The molecule has 0 amide bonds. The first-order chi connectivity index (χ1) is 33.9. The number of ether oxygens (including phenoxy) is 6. The molecule has 1 atom stereocenters. The summed E-state index contributed by atoms with van der Waals surface area (Å²) in [6.07, 6.45) is 18.3. The molecule has 14 nitrogen and oxygen atoms in total. The molecular weight excluding hydrogens is 933 g/mol. The number of unbranched alkanes of at least 4 members (excludes halogenated alkanes) is 1. The zero-order chi connectivity index (χ0) is 50.0. The number of hydrogen-bond acceptors (Lipinski definition) is 16. The maximum Gasteiger partial charge on any atom is 0.330 e. The second kappa shape index (κ2) is 27.5. The Hall–Kier alpha value is -5.06. The Bertz CT molecular complexity index is 2150. The van der Waals surface area contributed by atoms with E-state index in [4.69, 9.17) is 28.4 Å². The second-order valence-corrected chi connectivity index (χ2v) is 21.9. The molecule has 1 aromatic rings. The average Bonchev–Trinajstić information content (AvgIpc) is 3.84.